The Kier molecular flexibility index (Phi) is 7.27. The van der Waals surface area contributed by atoms with Crippen molar-refractivity contribution in [3.63, 3.8) is 0 Å². The number of carbonyl (C=O) groups excluding carboxylic acids is 1. The highest BCUT2D eigenvalue weighted by Gasteiger charge is 2.19. The number of carbonyl (C=O) groups is 1. The molecule has 0 atom stereocenters. The van der Waals surface area contributed by atoms with E-state index in [2.05, 4.69) is 10.2 Å². The third kappa shape index (κ3) is 5.07. The Labute approximate surface area is 147 Å². The quantitative estimate of drug-likeness (QED) is 0.515. The lowest BCUT2D eigenvalue weighted by molar-refractivity contribution is -0.116. The highest BCUT2D eigenvalue weighted by atomic mass is 32.2. The van der Waals surface area contributed by atoms with E-state index in [9.17, 15) is 4.79 Å². The number of benzene rings is 1. The molecule has 0 radical (unpaired) electrons. The van der Waals surface area contributed by atoms with Crippen LogP contribution in [0, 0.1) is 0 Å². The maximum absolute atomic E-state index is 12.7. The number of nitrogens with zero attached hydrogens (tertiary/aromatic N) is 4. The molecular weight excluding hydrogens is 324 g/mol. The summed E-state index contributed by atoms with van der Waals surface area (Å²) in [5.74, 6) is 0.392. The number of ether oxygens (including phenoxy) is 1. The van der Waals surface area contributed by atoms with Gasteiger partial charge in [-0.05, 0) is 32.4 Å². The first-order valence-electron chi connectivity index (χ1n) is 8.00. The predicted octanol–water partition coefficient (Wildman–Crippen LogP) is 2.85. The van der Waals surface area contributed by atoms with Gasteiger partial charge in [0.1, 0.15) is 6.33 Å². The number of hydrogen-bond acceptors (Lipinski definition) is 5. The van der Waals surface area contributed by atoms with Crippen molar-refractivity contribution in [3.05, 3.63) is 36.7 Å². The van der Waals surface area contributed by atoms with Crippen LogP contribution in [0.25, 0.3) is 0 Å². The van der Waals surface area contributed by atoms with Crippen molar-refractivity contribution in [1.82, 2.24) is 14.8 Å². The summed E-state index contributed by atoms with van der Waals surface area (Å²) in [6, 6.07) is 9.84. The summed E-state index contributed by atoms with van der Waals surface area (Å²) in [6.07, 6.45) is 2.58. The molecule has 0 saturated carbocycles. The Morgan fingerprint density at radius 3 is 2.75 bits per heavy atom. The normalized spacial score (nSPS) is 11.0. The lowest BCUT2D eigenvalue weighted by atomic mass is 10.2. The van der Waals surface area contributed by atoms with Crippen molar-refractivity contribution >= 4 is 23.4 Å². The predicted molar refractivity (Wildman–Crippen MR) is 96.3 cm³/mol. The van der Waals surface area contributed by atoms with Gasteiger partial charge in [0, 0.05) is 32.0 Å². The van der Waals surface area contributed by atoms with E-state index in [1.807, 2.05) is 53.6 Å². The maximum atomic E-state index is 12.7. The highest BCUT2D eigenvalue weighted by molar-refractivity contribution is 7.99. The zero-order valence-electron chi connectivity index (χ0n) is 14.4. The zero-order valence-corrected chi connectivity index (χ0v) is 15.2. The van der Waals surface area contributed by atoms with Crippen molar-refractivity contribution in [2.75, 3.05) is 24.4 Å². The summed E-state index contributed by atoms with van der Waals surface area (Å²) in [4.78, 5) is 14.5. The zero-order chi connectivity index (χ0) is 17.4. The number of thioether (sulfide) groups is 1. The standard InChI is InChI=1S/C17H24N4O2S/c1-14(2)21(15-8-5-4-6-9-15)16(22)12-24-17-19-18-13-20(17)10-7-11-23-3/h4-6,8-9,13-14H,7,10-12H2,1-3H3. The summed E-state index contributed by atoms with van der Waals surface area (Å²) in [7, 11) is 1.69. The van der Waals surface area contributed by atoms with E-state index in [4.69, 9.17) is 4.74 Å². The van der Waals surface area contributed by atoms with Crippen LogP contribution in [-0.4, -0.2) is 46.2 Å². The number of anilines is 1. The van der Waals surface area contributed by atoms with Gasteiger partial charge in [0.15, 0.2) is 5.16 Å². The topological polar surface area (TPSA) is 60.2 Å². The van der Waals surface area contributed by atoms with Gasteiger partial charge in [-0.1, -0.05) is 30.0 Å². The van der Waals surface area contributed by atoms with Gasteiger partial charge in [-0.25, -0.2) is 0 Å². The van der Waals surface area contributed by atoms with Gasteiger partial charge in [-0.2, -0.15) is 0 Å². The molecule has 2 aromatic rings. The number of aryl methyl sites for hydroxylation is 1. The Bertz CT molecular complexity index is 631. The van der Waals surface area contributed by atoms with Crippen molar-refractivity contribution in [2.24, 2.45) is 0 Å². The van der Waals surface area contributed by atoms with Gasteiger partial charge in [-0.15, -0.1) is 10.2 Å². The molecule has 1 aromatic carbocycles. The van der Waals surface area contributed by atoms with Gasteiger partial charge in [-0.3, -0.25) is 4.79 Å². The average molecular weight is 348 g/mol. The van der Waals surface area contributed by atoms with E-state index >= 15 is 0 Å². The fraction of sp³-hybridized carbons (Fsp3) is 0.471. The van der Waals surface area contributed by atoms with Crippen molar-refractivity contribution < 1.29 is 9.53 Å². The summed E-state index contributed by atoms with van der Waals surface area (Å²) in [5.41, 5.74) is 0.916. The van der Waals surface area contributed by atoms with Crippen LogP contribution in [0.4, 0.5) is 5.69 Å². The second-order valence-corrected chi connectivity index (χ2v) is 6.58. The number of aromatic nitrogens is 3. The molecular formula is C17H24N4O2S. The minimum atomic E-state index is 0.0626. The molecule has 1 amide bonds. The smallest absolute Gasteiger partial charge is 0.237 e. The van der Waals surface area contributed by atoms with Crippen LogP contribution >= 0.6 is 11.8 Å². The van der Waals surface area contributed by atoms with Gasteiger partial charge in [0.25, 0.3) is 0 Å². The lowest BCUT2D eigenvalue weighted by Gasteiger charge is -2.26. The van der Waals surface area contributed by atoms with E-state index in [0.29, 0.717) is 12.4 Å². The van der Waals surface area contributed by atoms with Crippen LogP contribution in [-0.2, 0) is 16.1 Å². The van der Waals surface area contributed by atoms with Crippen LogP contribution in [0.1, 0.15) is 20.3 Å². The molecule has 0 saturated heterocycles. The lowest BCUT2D eigenvalue weighted by Crippen LogP contribution is -2.38. The van der Waals surface area contributed by atoms with Crippen LogP contribution in [0.15, 0.2) is 41.8 Å². The third-order valence-electron chi connectivity index (χ3n) is 3.47. The molecule has 0 unspecified atom stereocenters. The first-order valence-corrected chi connectivity index (χ1v) is 8.98. The number of amides is 1. The van der Waals surface area contributed by atoms with Gasteiger partial charge in [0.05, 0.1) is 5.75 Å². The van der Waals surface area contributed by atoms with Gasteiger partial charge < -0.3 is 14.2 Å². The molecule has 0 fully saturated rings. The number of methoxy groups -OCH3 is 1. The Hall–Kier alpha value is -1.86. The molecule has 1 aromatic heterocycles. The van der Waals surface area contributed by atoms with Crippen molar-refractivity contribution in [3.8, 4) is 0 Å². The highest BCUT2D eigenvalue weighted by Crippen LogP contribution is 2.21. The fourth-order valence-corrected chi connectivity index (χ4v) is 3.20. The SMILES string of the molecule is COCCCn1cnnc1SCC(=O)N(c1ccccc1)C(C)C. The molecule has 0 aliphatic rings. The Morgan fingerprint density at radius 2 is 2.08 bits per heavy atom. The van der Waals surface area contributed by atoms with Crippen molar-refractivity contribution in [1.29, 1.82) is 0 Å². The summed E-state index contributed by atoms with van der Waals surface area (Å²) >= 11 is 1.42. The number of para-hydroxylation sites is 1. The largest absolute Gasteiger partial charge is 0.385 e. The Balaban J connectivity index is 1.98. The van der Waals surface area contributed by atoms with E-state index in [0.717, 1.165) is 23.8 Å². The van der Waals surface area contributed by atoms with Crippen LogP contribution in [0.3, 0.4) is 0 Å². The van der Waals surface area contributed by atoms with Gasteiger partial charge >= 0.3 is 0 Å². The molecule has 2 rings (SSSR count). The minimum Gasteiger partial charge on any atom is -0.385 e. The molecule has 0 aliphatic carbocycles. The van der Waals surface area contributed by atoms with Crippen LogP contribution in [0.5, 0.6) is 0 Å². The van der Waals surface area contributed by atoms with E-state index in [1.165, 1.54) is 11.8 Å². The second-order valence-electron chi connectivity index (χ2n) is 5.63. The molecule has 0 bridgehead atoms. The monoisotopic (exact) mass is 348 g/mol. The number of hydrogen-bond donors (Lipinski definition) is 0. The first kappa shape index (κ1) is 18.5. The molecule has 0 N–H and O–H groups in total. The summed E-state index contributed by atoms with van der Waals surface area (Å²) in [6.45, 7) is 5.51. The van der Waals surface area contributed by atoms with Crippen LogP contribution in [0.2, 0.25) is 0 Å². The summed E-state index contributed by atoms with van der Waals surface area (Å²) in [5, 5.41) is 8.81. The second kappa shape index (κ2) is 9.44. The van der Waals surface area contributed by atoms with E-state index < -0.39 is 0 Å². The molecule has 7 heteroatoms. The molecule has 130 valence electrons. The van der Waals surface area contributed by atoms with Crippen LogP contribution < -0.4 is 4.90 Å². The van der Waals surface area contributed by atoms with E-state index in [-0.39, 0.29) is 11.9 Å². The molecule has 1 heterocycles. The molecule has 0 spiro atoms. The van der Waals surface area contributed by atoms with Crippen molar-refractivity contribution in [2.45, 2.75) is 38.0 Å². The minimum absolute atomic E-state index is 0.0626. The molecule has 0 aliphatic heterocycles. The number of rotatable bonds is 9. The third-order valence-corrected chi connectivity index (χ3v) is 4.44. The first-order chi connectivity index (χ1) is 11.6. The maximum Gasteiger partial charge on any atom is 0.237 e. The van der Waals surface area contributed by atoms with E-state index in [1.54, 1.807) is 13.4 Å². The fourth-order valence-electron chi connectivity index (χ4n) is 2.40. The average Bonchev–Trinajstić information content (AvgIpc) is 3.01. The summed E-state index contributed by atoms with van der Waals surface area (Å²) < 4.78 is 7.02. The van der Waals surface area contributed by atoms with Gasteiger partial charge in [0.2, 0.25) is 5.91 Å². The Morgan fingerprint density at radius 1 is 1.33 bits per heavy atom. The molecule has 24 heavy (non-hydrogen) atoms. The molecule has 6 nitrogen and oxygen atoms in total.